The highest BCUT2D eigenvalue weighted by Gasteiger charge is 2.32. The van der Waals surface area contributed by atoms with Gasteiger partial charge in [-0.25, -0.2) is 0 Å². The van der Waals surface area contributed by atoms with Crippen LogP contribution in [0.4, 0.5) is 0 Å². The van der Waals surface area contributed by atoms with Gasteiger partial charge in [-0.15, -0.1) is 0 Å². The van der Waals surface area contributed by atoms with Crippen LogP contribution >= 0.6 is 0 Å². The van der Waals surface area contributed by atoms with Crippen molar-refractivity contribution in [2.75, 3.05) is 0 Å². The molecule has 8 nitrogen and oxygen atoms in total. The fraction of sp³-hybridized carbons (Fsp3) is 0. The lowest BCUT2D eigenvalue weighted by atomic mass is 9.83. The van der Waals surface area contributed by atoms with Gasteiger partial charge in [-0.3, -0.25) is 0 Å². The summed E-state index contributed by atoms with van der Waals surface area (Å²) in [6, 6.07) is 29.2. The molecule has 0 unspecified atom stereocenters. The molecule has 8 N–H and O–H groups in total. The summed E-state index contributed by atoms with van der Waals surface area (Å²) in [5, 5.41) is 88.9. The second-order valence-electron chi connectivity index (χ2n) is 10.5. The molecular weight excluding hydrogens is 560 g/mol. The molecule has 0 aliphatic carbocycles. The van der Waals surface area contributed by atoms with Gasteiger partial charge >= 0.3 is 0 Å². The van der Waals surface area contributed by atoms with Crippen LogP contribution in [0.3, 0.4) is 0 Å². The van der Waals surface area contributed by atoms with Gasteiger partial charge in [0.15, 0.2) is 23.0 Å². The fourth-order valence-electron chi connectivity index (χ4n) is 6.00. The number of rotatable bonds is 3. The Kier molecular flexibility index (Phi) is 5.83. The Hall–Kier alpha value is -6.28. The minimum absolute atomic E-state index is 0.00550. The topological polar surface area (TPSA) is 162 Å². The summed E-state index contributed by atoms with van der Waals surface area (Å²) in [6.45, 7) is 0. The number of phenolic OH excluding ortho intramolecular Hbond substituents is 8. The van der Waals surface area contributed by atoms with E-state index in [0.29, 0.717) is 11.1 Å². The predicted molar refractivity (Wildman–Crippen MR) is 169 cm³/mol. The van der Waals surface area contributed by atoms with Crippen LogP contribution < -0.4 is 0 Å². The van der Waals surface area contributed by atoms with Gasteiger partial charge in [0.25, 0.3) is 0 Å². The minimum Gasteiger partial charge on any atom is -0.504 e. The number of phenols is 8. The third kappa shape index (κ3) is 3.71. The molecular formula is C36H24O8. The molecule has 7 rings (SSSR count). The van der Waals surface area contributed by atoms with Gasteiger partial charge in [0.1, 0.15) is 0 Å². The summed E-state index contributed by atoms with van der Waals surface area (Å²) in [4.78, 5) is 0. The Morgan fingerprint density at radius 3 is 1.11 bits per heavy atom. The van der Waals surface area contributed by atoms with Gasteiger partial charge in [-0.1, -0.05) is 91.0 Å². The van der Waals surface area contributed by atoms with E-state index >= 15 is 0 Å². The van der Waals surface area contributed by atoms with E-state index in [0.717, 1.165) is 21.9 Å². The second kappa shape index (κ2) is 9.64. The van der Waals surface area contributed by atoms with Crippen molar-refractivity contribution in [3.8, 4) is 79.4 Å². The van der Waals surface area contributed by atoms with E-state index in [1.165, 1.54) is 0 Å². The van der Waals surface area contributed by atoms with E-state index in [-0.39, 0.29) is 32.7 Å². The molecule has 0 spiro atoms. The Morgan fingerprint density at radius 1 is 0.273 bits per heavy atom. The smallest absolute Gasteiger partial charge is 0.204 e. The molecule has 44 heavy (non-hydrogen) atoms. The average Bonchev–Trinajstić information content (AvgIpc) is 3.06. The zero-order chi connectivity index (χ0) is 30.9. The maximum absolute atomic E-state index is 11.3. The van der Waals surface area contributed by atoms with Crippen LogP contribution in [-0.2, 0) is 0 Å². The Morgan fingerprint density at radius 2 is 0.636 bits per heavy atom. The minimum atomic E-state index is -1.01. The van der Waals surface area contributed by atoms with Crippen molar-refractivity contribution in [1.29, 1.82) is 0 Å². The fourth-order valence-corrected chi connectivity index (χ4v) is 6.00. The van der Waals surface area contributed by atoms with Crippen LogP contribution in [0.25, 0.3) is 65.7 Å². The summed E-state index contributed by atoms with van der Waals surface area (Å²) in [6.07, 6.45) is 0. The maximum Gasteiger partial charge on any atom is 0.204 e. The monoisotopic (exact) mass is 584 g/mol. The molecule has 8 heteroatoms. The molecule has 0 saturated carbocycles. The second-order valence-corrected chi connectivity index (χ2v) is 10.5. The van der Waals surface area contributed by atoms with E-state index < -0.39 is 46.0 Å². The SMILES string of the molecule is Oc1c(O)c(O)c2c(-c3ccc(-c4ccc5ccccc5c4)cc3)c3c(O)c(O)c(O)c(O)c3c(-c3ccccc3)c2c1O. The standard InChI is InChI=1S/C36H24O8/c37-29-25-23(19-7-2-1-3-8-19)26-28(32(40)36(44)34(42)30(26)38)24(27(25)31(39)35(43)33(29)41)20-13-10-18(11-14-20)22-15-12-17-6-4-5-9-21(17)16-22/h1-16,37-44H. The molecule has 0 atom stereocenters. The molecule has 0 fully saturated rings. The normalized spacial score (nSPS) is 11.5. The van der Waals surface area contributed by atoms with E-state index in [2.05, 4.69) is 0 Å². The predicted octanol–water partition coefficient (Wildman–Crippen LogP) is 7.79. The first kappa shape index (κ1) is 26.6. The third-order valence-electron chi connectivity index (χ3n) is 8.11. The quantitative estimate of drug-likeness (QED) is 0.0593. The van der Waals surface area contributed by atoms with Gasteiger partial charge in [-0.05, 0) is 39.1 Å². The highest BCUT2D eigenvalue weighted by molar-refractivity contribution is 6.28. The van der Waals surface area contributed by atoms with Crippen molar-refractivity contribution in [2.24, 2.45) is 0 Å². The van der Waals surface area contributed by atoms with Crippen LogP contribution in [-0.4, -0.2) is 40.9 Å². The molecule has 0 radical (unpaired) electrons. The Labute approximate surface area is 249 Å². The molecule has 216 valence electrons. The first-order chi connectivity index (χ1) is 21.2. The summed E-state index contributed by atoms with van der Waals surface area (Å²) >= 11 is 0. The molecule has 0 saturated heterocycles. The van der Waals surface area contributed by atoms with Crippen LogP contribution in [0, 0.1) is 0 Å². The highest BCUT2D eigenvalue weighted by atomic mass is 16.4. The molecule has 0 aliphatic heterocycles. The number of aromatic hydroxyl groups is 8. The van der Waals surface area contributed by atoms with Crippen molar-refractivity contribution in [3.63, 3.8) is 0 Å². The van der Waals surface area contributed by atoms with E-state index in [9.17, 15) is 40.9 Å². The number of benzene rings is 7. The summed E-state index contributed by atoms with van der Waals surface area (Å²) in [7, 11) is 0. The van der Waals surface area contributed by atoms with Gasteiger partial charge in [0.05, 0.1) is 0 Å². The molecule has 0 heterocycles. The van der Waals surface area contributed by atoms with Crippen LogP contribution in [0.5, 0.6) is 46.0 Å². The molecule has 0 amide bonds. The van der Waals surface area contributed by atoms with Crippen LogP contribution in [0.1, 0.15) is 0 Å². The number of hydrogen-bond acceptors (Lipinski definition) is 8. The first-order valence-electron chi connectivity index (χ1n) is 13.6. The van der Waals surface area contributed by atoms with Gasteiger partial charge in [-0.2, -0.15) is 0 Å². The molecule has 0 aromatic heterocycles. The average molecular weight is 585 g/mol. The zero-order valence-corrected chi connectivity index (χ0v) is 22.8. The number of hydrogen-bond donors (Lipinski definition) is 8. The van der Waals surface area contributed by atoms with E-state index in [4.69, 9.17) is 0 Å². The van der Waals surface area contributed by atoms with Crippen LogP contribution in [0.2, 0.25) is 0 Å². The van der Waals surface area contributed by atoms with Crippen molar-refractivity contribution in [1.82, 2.24) is 0 Å². The van der Waals surface area contributed by atoms with Crippen molar-refractivity contribution < 1.29 is 40.9 Å². The van der Waals surface area contributed by atoms with Crippen molar-refractivity contribution in [2.45, 2.75) is 0 Å². The zero-order valence-electron chi connectivity index (χ0n) is 22.8. The lowest BCUT2D eigenvalue weighted by Crippen LogP contribution is -1.94. The first-order valence-corrected chi connectivity index (χ1v) is 13.6. The number of fused-ring (bicyclic) bond motifs is 3. The largest absolute Gasteiger partial charge is 0.504 e. The molecule has 0 bridgehead atoms. The maximum atomic E-state index is 11.3. The molecule has 7 aromatic rings. The third-order valence-corrected chi connectivity index (χ3v) is 8.11. The van der Waals surface area contributed by atoms with Crippen LogP contribution in [0.15, 0.2) is 97.1 Å². The summed E-state index contributed by atoms with van der Waals surface area (Å²) in [5.41, 5.74) is 2.50. The van der Waals surface area contributed by atoms with E-state index in [1.54, 1.807) is 54.6 Å². The Balaban J connectivity index is 1.63. The van der Waals surface area contributed by atoms with Crippen molar-refractivity contribution in [3.05, 3.63) is 97.1 Å². The summed E-state index contributed by atoms with van der Waals surface area (Å²) in [5.74, 6) is -7.26. The molecule has 0 aliphatic rings. The highest BCUT2D eigenvalue weighted by Crippen LogP contribution is 2.61. The van der Waals surface area contributed by atoms with E-state index in [1.807, 2.05) is 42.5 Å². The molecule has 7 aromatic carbocycles. The van der Waals surface area contributed by atoms with Gasteiger partial charge in [0.2, 0.25) is 23.0 Å². The van der Waals surface area contributed by atoms with Gasteiger partial charge < -0.3 is 40.9 Å². The lowest BCUT2D eigenvalue weighted by molar-refractivity contribution is 0.350. The summed E-state index contributed by atoms with van der Waals surface area (Å²) < 4.78 is 0. The Bertz CT molecular complexity index is 2210. The van der Waals surface area contributed by atoms with Crippen molar-refractivity contribution >= 4 is 32.3 Å². The van der Waals surface area contributed by atoms with Gasteiger partial charge in [0, 0.05) is 32.7 Å². The lowest BCUT2D eigenvalue weighted by Gasteiger charge is -2.22.